The molecule has 3 heterocycles. The van der Waals surface area contributed by atoms with Gasteiger partial charge in [-0.1, -0.05) is 0 Å². The van der Waals surface area contributed by atoms with Crippen molar-refractivity contribution in [2.75, 3.05) is 13.1 Å². The van der Waals surface area contributed by atoms with E-state index in [0.29, 0.717) is 11.8 Å². The largest absolute Gasteiger partial charge is 0.486 e. The second-order valence-electron chi connectivity index (χ2n) is 7.79. The van der Waals surface area contributed by atoms with Crippen LogP contribution in [0.3, 0.4) is 0 Å². The van der Waals surface area contributed by atoms with Crippen LogP contribution in [0, 0.1) is 32.6 Å². The van der Waals surface area contributed by atoms with Crippen LogP contribution in [-0.4, -0.2) is 45.3 Å². The summed E-state index contributed by atoms with van der Waals surface area (Å²) in [6.07, 6.45) is 3.20. The molecule has 2 aromatic heterocycles. The quantitative estimate of drug-likeness (QED) is 0.892. The van der Waals surface area contributed by atoms with E-state index in [1.807, 2.05) is 32.2 Å². The number of pyridine rings is 1. The van der Waals surface area contributed by atoms with E-state index in [-0.39, 0.29) is 6.10 Å². The molecule has 0 bridgehead atoms. The first kappa shape index (κ1) is 17.9. The summed E-state index contributed by atoms with van der Waals surface area (Å²) in [5.41, 5.74) is 1.89. The van der Waals surface area contributed by atoms with E-state index in [4.69, 9.17) is 4.74 Å². The molecule has 1 saturated carbocycles. The van der Waals surface area contributed by atoms with Crippen molar-refractivity contribution >= 4 is 11.3 Å². The summed E-state index contributed by atoms with van der Waals surface area (Å²) in [6.45, 7) is 9.12. The third-order valence-electron chi connectivity index (χ3n) is 5.66. The average Bonchev–Trinajstić information content (AvgIpc) is 3.15. The number of rotatable bonds is 4. The topological polar surface area (TPSA) is 58.5 Å². The molecule has 0 radical (unpaired) electrons. The van der Waals surface area contributed by atoms with Gasteiger partial charge >= 0.3 is 0 Å². The van der Waals surface area contributed by atoms with Gasteiger partial charge in [0.25, 0.3) is 0 Å². The zero-order valence-corrected chi connectivity index (χ0v) is 16.5. The molecule has 1 aliphatic heterocycles. The maximum Gasteiger partial charge on any atom is 0.141 e. The Labute approximate surface area is 159 Å². The standard InChI is InChI=1S/C20H27N3O2S/c1-12-4-5-19(13(2)22-12)25-20-7-16-10-23(9-15(16)6-18(20)24)11-17-8-21-14(3)26-17/h4-5,8,15-16,18,20,24H,6-7,9-11H2,1-3H3/t15-,16+,18+,20+/m0/s1. The first-order valence-corrected chi connectivity index (χ1v) is 10.2. The predicted molar refractivity (Wildman–Crippen MR) is 102 cm³/mol. The smallest absolute Gasteiger partial charge is 0.141 e. The number of nitrogens with zero attached hydrogens (tertiary/aromatic N) is 3. The van der Waals surface area contributed by atoms with Crippen LogP contribution in [0.4, 0.5) is 0 Å². The van der Waals surface area contributed by atoms with Gasteiger partial charge in [0.2, 0.25) is 0 Å². The van der Waals surface area contributed by atoms with Crippen molar-refractivity contribution in [3.8, 4) is 5.75 Å². The van der Waals surface area contributed by atoms with Gasteiger partial charge in [-0.25, -0.2) is 4.98 Å². The van der Waals surface area contributed by atoms with Crippen LogP contribution in [0.15, 0.2) is 18.3 Å². The second kappa shape index (κ2) is 7.25. The minimum absolute atomic E-state index is 0.134. The van der Waals surface area contributed by atoms with Gasteiger partial charge in [0.1, 0.15) is 11.9 Å². The van der Waals surface area contributed by atoms with Crippen molar-refractivity contribution in [2.45, 2.75) is 52.4 Å². The third kappa shape index (κ3) is 3.77. The Hall–Kier alpha value is -1.50. The van der Waals surface area contributed by atoms with E-state index < -0.39 is 6.10 Å². The molecule has 140 valence electrons. The second-order valence-corrected chi connectivity index (χ2v) is 9.11. The van der Waals surface area contributed by atoms with Crippen molar-refractivity contribution in [1.82, 2.24) is 14.9 Å². The van der Waals surface area contributed by atoms with Crippen LogP contribution in [0.25, 0.3) is 0 Å². The molecule has 1 saturated heterocycles. The molecule has 2 aliphatic rings. The summed E-state index contributed by atoms with van der Waals surface area (Å²) < 4.78 is 6.18. The Kier molecular flexibility index (Phi) is 4.99. The SMILES string of the molecule is Cc1ccc(O[C@@H]2C[C@@H]3CN(Cc4cnc(C)s4)C[C@@H]3C[C@H]2O)c(C)n1. The minimum Gasteiger partial charge on any atom is -0.486 e. The fraction of sp³-hybridized carbons (Fsp3) is 0.600. The summed E-state index contributed by atoms with van der Waals surface area (Å²) >= 11 is 1.78. The Morgan fingerprint density at radius 2 is 1.96 bits per heavy atom. The lowest BCUT2D eigenvalue weighted by Gasteiger charge is -2.35. The van der Waals surface area contributed by atoms with Crippen LogP contribution in [-0.2, 0) is 6.54 Å². The third-order valence-corrected chi connectivity index (χ3v) is 6.56. The highest BCUT2D eigenvalue weighted by Gasteiger charge is 2.42. The Morgan fingerprint density at radius 3 is 2.65 bits per heavy atom. The van der Waals surface area contributed by atoms with Crippen LogP contribution in [0.1, 0.15) is 34.1 Å². The van der Waals surface area contributed by atoms with Crippen molar-refractivity contribution in [2.24, 2.45) is 11.8 Å². The monoisotopic (exact) mass is 373 g/mol. The number of likely N-dealkylation sites (tertiary alicyclic amines) is 1. The number of aryl methyl sites for hydroxylation is 3. The predicted octanol–water partition coefficient (Wildman–Crippen LogP) is 3.11. The van der Waals surface area contributed by atoms with Crippen molar-refractivity contribution in [3.05, 3.63) is 39.6 Å². The van der Waals surface area contributed by atoms with E-state index in [9.17, 15) is 5.11 Å². The van der Waals surface area contributed by atoms with Gasteiger partial charge < -0.3 is 9.84 Å². The summed E-state index contributed by atoms with van der Waals surface area (Å²) in [5.74, 6) is 1.96. The number of ether oxygens (including phenoxy) is 1. The molecule has 0 amide bonds. The van der Waals surface area contributed by atoms with E-state index in [2.05, 4.69) is 21.8 Å². The first-order valence-electron chi connectivity index (χ1n) is 9.40. The van der Waals surface area contributed by atoms with E-state index in [0.717, 1.165) is 54.6 Å². The lowest BCUT2D eigenvalue weighted by Crippen LogP contribution is -2.42. The molecule has 1 N–H and O–H groups in total. The summed E-state index contributed by atoms with van der Waals surface area (Å²) in [6, 6.07) is 3.94. The van der Waals surface area contributed by atoms with E-state index in [1.54, 1.807) is 11.3 Å². The molecule has 1 aliphatic carbocycles. The van der Waals surface area contributed by atoms with Crippen LogP contribution >= 0.6 is 11.3 Å². The van der Waals surface area contributed by atoms with Gasteiger partial charge in [0.05, 0.1) is 16.8 Å². The Bertz CT molecular complexity index is 778. The van der Waals surface area contributed by atoms with Crippen LogP contribution in [0.2, 0.25) is 0 Å². The highest BCUT2D eigenvalue weighted by molar-refractivity contribution is 7.11. The molecule has 0 spiro atoms. The van der Waals surface area contributed by atoms with Crippen LogP contribution < -0.4 is 4.74 Å². The van der Waals surface area contributed by atoms with Gasteiger partial charge in [-0.05, 0) is 57.6 Å². The number of aliphatic hydroxyl groups is 1. The molecular formula is C20H27N3O2S. The number of fused-ring (bicyclic) bond motifs is 1. The fourth-order valence-corrected chi connectivity index (χ4v) is 5.24. The molecule has 4 atom stereocenters. The van der Waals surface area contributed by atoms with Crippen LogP contribution in [0.5, 0.6) is 5.75 Å². The van der Waals surface area contributed by atoms with Gasteiger partial charge in [0.15, 0.2) is 0 Å². The number of hydrogen-bond acceptors (Lipinski definition) is 6. The Balaban J connectivity index is 1.39. The van der Waals surface area contributed by atoms with Gasteiger partial charge in [-0.3, -0.25) is 9.88 Å². The van der Waals surface area contributed by atoms with Gasteiger partial charge in [-0.15, -0.1) is 11.3 Å². The van der Waals surface area contributed by atoms with E-state index >= 15 is 0 Å². The maximum absolute atomic E-state index is 10.6. The van der Waals surface area contributed by atoms with E-state index in [1.165, 1.54) is 4.88 Å². The van der Waals surface area contributed by atoms with Gasteiger partial charge in [0, 0.05) is 36.4 Å². The minimum atomic E-state index is -0.400. The molecule has 4 rings (SSSR count). The van der Waals surface area contributed by atoms with Crippen molar-refractivity contribution in [3.63, 3.8) is 0 Å². The molecule has 2 fully saturated rings. The molecule has 2 aromatic rings. The average molecular weight is 374 g/mol. The summed E-state index contributed by atoms with van der Waals surface area (Å²) in [7, 11) is 0. The lowest BCUT2D eigenvalue weighted by atomic mass is 9.78. The molecular weight excluding hydrogens is 346 g/mol. The Morgan fingerprint density at radius 1 is 1.19 bits per heavy atom. The summed E-state index contributed by atoms with van der Waals surface area (Å²) in [4.78, 5) is 12.7. The lowest BCUT2D eigenvalue weighted by molar-refractivity contribution is -0.0236. The maximum atomic E-state index is 10.6. The highest BCUT2D eigenvalue weighted by Crippen LogP contribution is 2.39. The molecule has 26 heavy (non-hydrogen) atoms. The van der Waals surface area contributed by atoms with Crippen molar-refractivity contribution < 1.29 is 9.84 Å². The molecule has 5 nitrogen and oxygen atoms in total. The highest BCUT2D eigenvalue weighted by atomic mass is 32.1. The fourth-order valence-electron chi connectivity index (χ4n) is 4.40. The normalized spacial score (nSPS) is 28.9. The number of thiazole rings is 1. The molecule has 0 aromatic carbocycles. The number of aliphatic hydroxyl groups excluding tert-OH is 1. The first-order chi connectivity index (χ1) is 12.5. The molecule has 6 heteroatoms. The summed E-state index contributed by atoms with van der Waals surface area (Å²) in [5, 5.41) is 11.8. The number of aromatic nitrogens is 2. The zero-order chi connectivity index (χ0) is 18.3. The van der Waals surface area contributed by atoms with Crippen molar-refractivity contribution in [1.29, 1.82) is 0 Å². The van der Waals surface area contributed by atoms with Gasteiger partial charge in [-0.2, -0.15) is 0 Å². The zero-order valence-electron chi connectivity index (χ0n) is 15.7. The molecule has 0 unspecified atom stereocenters. The number of hydrogen-bond donors (Lipinski definition) is 1.